The van der Waals surface area contributed by atoms with E-state index in [0.29, 0.717) is 0 Å². The molecule has 3 unspecified atom stereocenters. The summed E-state index contributed by atoms with van der Waals surface area (Å²) >= 11 is 0. The van der Waals surface area contributed by atoms with Crippen LogP contribution in [-0.2, 0) is 0 Å². The fourth-order valence-corrected chi connectivity index (χ4v) is 3.88. The van der Waals surface area contributed by atoms with E-state index in [-0.39, 0.29) is 5.54 Å². The third-order valence-electron chi connectivity index (χ3n) is 4.87. The second-order valence-electron chi connectivity index (χ2n) is 5.88. The van der Waals surface area contributed by atoms with Crippen LogP contribution < -0.4 is 11.1 Å². The predicted molar refractivity (Wildman–Crippen MR) is 72.0 cm³/mol. The Morgan fingerprint density at radius 3 is 2.76 bits per heavy atom. The fraction of sp³-hybridized carbons (Fsp3) is 0.600. The van der Waals surface area contributed by atoms with Crippen molar-refractivity contribution in [1.29, 1.82) is 0 Å². The van der Waals surface area contributed by atoms with Crippen LogP contribution in [0.2, 0.25) is 0 Å². The van der Waals surface area contributed by atoms with Gasteiger partial charge in [-0.2, -0.15) is 0 Å². The molecule has 2 aliphatic rings. The maximum atomic E-state index is 6.09. The van der Waals surface area contributed by atoms with Crippen molar-refractivity contribution in [3.05, 3.63) is 29.8 Å². The number of para-hydroxylation sites is 1. The lowest BCUT2D eigenvalue weighted by molar-refractivity contribution is 0.306. The summed E-state index contributed by atoms with van der Waals surface area (Å²) < 4.78 is 0. The van der Waals surface area contributed by atoms with E-state index in [0.717, 1.165) is 18.4 Å². The van der Waals surface area contributed by atoms with Crippen molar-refractivity contribution >= 4 is 5.69 Å². The highest BCUT2D eigenvalue weighted by Crippen LogP contribution is 2.51. The minimum atomic E-state index is 0.176. The van der Waals surface area contributed by atoms with Crippen LogP contribution in [0.3, 0.4) is 0 Å². The molecule has 0 spiro atoms. The van der Waals surface area contributed by atoms with E-state index >= 15 is 0 Å². The molecule has 1 aromatic carbocycles. The van der Waals surface area contributed by atoms with Crippen LogP contribution in [0, 0.1) is 18.8 Å². The van der Waals surface area contributed by atoms with Crippen LogP contribution in [0.1, 0.15) is 31.2 Å². The second-order valence-corrected chi connectivity index (χ2v) is 5.88. The molecule has 3 atom stereocenters. The highest BCUT2D eigenvalue weighted by molar-refractivity contribution is 5.53. The molecule has 0 aliphatic heterocycles. The highest BCUT2D eigenvalue weighted by atomic mass is 15.0. The molecule has 17 heavy (non-hydrogen) atoms. The molecule has 92 valence electrons. The Morgan fingerprint density at radius 1 is 1.35 bits per heavy atom. The van der Waals surface area contributed by atoms with Gasteiger partial charge in [0.25, 0.3) is 0 Å². The lowest BCUT2D eigenvalue weighted by Crippen LogP contribution is -2.49. The Kier molecular flexibility index (Phi) is 2.62. The van der Waals surface area contributed by atoms with Gasteiger partial charge in [0.2, 0.25) is 0 Å². The van der Waals surface area contributed by atoms with E-state index in [1.807, 2.05) is 0 Å². The number of benzene rings is 1. The van der Waals surface area contributed by atoms with Crippen molar-refractivity contribution in [3.63, 3.8) is 0 Å². The maximum absolute atomic E-state index is 6.09. The zero-order chi connectivity index (χ0) is 11.9. The summed E-state index contributed by atoms with van der Waals surface area (Å²) in [6, 6.07) is 8.54. The first-order valence-corrected chi connectivity index (χ1v) is 6.77. The number of fused-ring (bicyclic) bond motifs is 2. The Hall–Kier alpha value is -1.02. The lowest BCUT2D eigenvalue weighted by atomic mass is 9.80. The quantitative estimate of drug-likeness (QED) is 0.838. The molecule has 0 radical (unpaired) electrons. The van der Waals surface area contributed by atoms with E-state index in [1.165, 1.54) is 36.9 Å². The van der Waals surface area contributed by atoms with Crippen molar-refractivity contribution in [2.75, 3.05) is 11.9 Å². The van der Waals surface area contributed by atoms with E-state index in [4.69, 9.17) is 5.73 Å². The van der Waals surface area contributed by atoms with Gasteiger partial charge in [-0.25, -0.2) is 0 Å². The van der Waals surface area contributed by atoms with Crippen LogP contribution in [-0.4, -0.2) is 12.1 Å². The van der Waals surface area contributed by atoms with Crippen LogP contribution in [0.25, 0.3) is 0 Å². The van der Waals surface area contributed by atoms with Gasteiger partial charge < -0.3 is 11.1 Å². The molecule has 2 bridgehead atoms. The summed E-state index contributed by atoms with van der Waals surface area (Å²) in [7, 11) is 0. The minimum absolute atomic E-state index is 0.176. The number of nitrogens with two attached hydrogens (primary N) is 1. The zero-order valence-corrected chi connectivity index (χ0v) is 10.6. The van der Waals surface area contributed by atoms with Gasteiger partial charge in [0.05, 0.1) is 5.54 Å². The SMILES string of the molecule is Cc1ccccc1NC1(CN)CC2CCC1C2. The number of nitrogens with one attached hydrogen (secondary N) is 1. The first-order valence-electron chi connectivity index (χ1n) is 6.77. The molecule has 0 amide bonds. The first kappa shape index (κ1) is 11.1. The zero-order valence-electron chi connectivity index (χ0n) is 10.6. The Labute approximate surface area is 104 Å². The van der Waals surface area contributed by atoms with Crippen molar-refractivity contribution in [3.8, 4) is 0 Å². The number of aryl methyl sites for hydroxylation is 1. The molecule has 2 saturated carbocycles. The van der Waals surface area contributed by atoms with E-state index in [2.05, 4.69) is 36.5 Å². The monoisotopic (exact) mass is 230 g/mol. The average molecular weight is 230 g/mol. The number of hydrogen-bond acceptors (Lipinski definition) is 2. The summed E-state index contributed by atoms with van der Waals surface area (Å²) in [5.74, 6) is 1.71. The van der Waals surface area contributed by atoms with Gasteiger partial charge in [0.15, 0.2) is 0 Å². The van der Waals surface area contributed by atoms with E-state index in [1.54, 1.807) is 0 Å². The van der Waals surface area contributed by atoms with Crippen LogP contribution in [0.5, 0.6) is 0 Å². The van der Waals surface area contributed by atoms with Gasteiger partial charge in [-0.1, -0.05) is 18.2 Å². The summed E-state index contributed by atoms with van der Waals surface area (Å²) in [5.41, 5.74) is 8.86. The molecule has 0 heterocycles. The third kappa shape index (κ3) is 1.75. The second kappa shape index (κ2) is 4.02. The lowest BCUT2D eigenvalue weighted by Gasteiger charge is -2.39. The Bertz CT molecular complexity index is 415. The summed E-state index contributed by atoms with van der Waals surface area (Å²) in [6.45, 7) is 2.93. The fourth-order valence-electron chi connectivity index (χ4n) is 3.88. The van der Waals surface area contributed by atoms with Crippen LogP contribution in [0.4, 0.5) is 5.69 Å². The number of rotatable bonds is 3. The Morgan fingerprint density at radius 2 is 2.18 bits per heavy atom. The minimum Gasteiger partial charge on any atom is -0.378 e. The molecule has 3 N–H and O–H groups in total. The van der Waals surface area contributed by atoms with Gasteiger partial charge in [-0.05, 0) is 56.1 Å². The highest BCUT2D eigenvalue weighted by Gasteiger charge is 2.50. The molecular formula is C15H22N2. The molecule has 0 aromatic heterocycles. The first-order chi connectivity index (χ1) is 8.23. The van der Waals surface area contributed by atoms with Crippen LogP contribution >= 0.6 is 0 Å². The van der Waals surface area contributed by atoms with Crippen molar-refractivity contribution in [2.45, 2.75) is 38.1 Å². The normalized spacial score (nSPS) is 35.2. The Balaban J connectivity index is 1.86. The third-order valence-corrected chi connectivity index (χ3v) is 4.87. The maximum Gasteiger partial charge on any atom is 0.0526 e. The molecular weight excluding hydrogens is 208 g/mol. The van der Waals surface area contributed by atoms with Gasteiger partial charge >= 0.3 is 0 Å². The summed E-state index contributed by atoms with van der Waals surface area (Å²) in [5, 5.41) is 3.78. The average Bonchev–Trinajstić information content (AvgIpc) is 2.93. The predicted octanol–water partition coefficient (Wildman–Crippen LogP) is 2.92. The summed E-state index contributed by atoms with van der Waals surface area (Å²) in [4.78, 5) is 0. The number of hydrogen-bond donors (Lipinski definition) is 2. The number of anilines is 1. The topological polar surface area (TPSA) is 38.0 Å². The van der Waals surface area contributed by atoms with E-state index < -0.39 is 0 Å². The molecule has 2 nitrogen and oxygen atoms in total. The molecule has 3 rings (SSSR count). The van der Waals surface area contributed by atoms with Gasteiger partial charge in [-0.3, -0.25) is 0 Å². The smallest absolute Gasteiger partial charge is 0.0526 e. The standard InChI is InChI=1S/C15H22N2/c1-11-4-2-3-5-14(11)17-15(10-16)9-12-6-7-13(15)8-12/h2-5,12-13,17H,6-10,16H2,1H3. The molecule has 2 aliphatic carbocycles. The van der Waals surface area contributed by atoms with Crippen molar-refractivity contribution < 1.29 is 0 Å². The van der Waals surface area contributed by atoms with E-state index in [9.17, 15) is 0 Å². The van der Waals surface area contributed by atoms with Gasteiger partial charge in [-0.15, -0.1) is 0 Å². The largest absolute Gasteiger partial charge is 0.378 e. The molecule has 0 saturated heterocycles. The van der Waals surface area contributed by atoms with Crippen molar-refractivity contribution in [1.82, 2.24) is 0 Å². The van der Waals surface area contributed by atoms with Crippen LogP contribution in [0.15, 0.2) is 24.3 Å². The molecule has 2 fully saturated rings. The van der Waals surface area contributed by atoms with Gasteiger partial charge in [0, 0.05) is 12.2 Å². The molecule has 2 heteroatoms. The molecule has 1 aromatic rings. The van der Waals surface area contributed by atoms with Gasteiger partial charge in [0.1, 0.15) is 0 Å². The summed E-state index contributed by atoms with van der Waals surface area (Å²) in [6.07, 6.45) is 5.43. The van der Waals surface area contributed by atoms with Crippen molar-refractivity contribution in [2.24, 2.45) is 17.6 Å².